The molecule has 0 saturated carbocycles. The van der Waals surface area contributed by atoms with E-state index in [2.05, 4.69) is 10.2 Å². The molecule has 0 radical (unpaired) electrons. The Labute approximate surface area is 150 Å². The molecule has 1 fully saturated rings. The van der Waals surface area contributed by atoms with E-state index in [0.717, 1.165) is 43.9 Å². The highest BCUT2D eigenvalue weighted by molar-refractivity contribution is 5.92. The molecule has 0 bridgehead atoms. The fourth-order valence-corrected chi connectivity index (χ4v) is 3.02. The van der Waals surface area contributed by atoms with E-state index in [1.807, 2.05) is 4.90 Å². The predicted molar refractivity (Wildman–Crippen MR) is 94.7 cm³/mol. The second-order valence-corrected chi connectivity index (χ2v) is 6.27. The summed E-state index contributed by atoms with van der Waals surface area (Å²) < 4.78 is 39.2. The zero-order valence-corrected chi connectivity index (χ0v) is 14.2. The second kappa shape index (κ2) is 8.23. The monoisotopic (exact) mass is 363 g/mol. The van der Waals surface area contributed by atoms with Gasteiger partial charge in [0, 0.05) is 43.6 Å². The Morgan fingerprint density at radius 1 is 0.923 bits per heavy atom. The molecule has 1 aliphatic rings. The van der Waals surface area contributed by atoms with Crippen LogP contribution in [0.4, 0.5) is 24.5 Å². The highest BCUT2D eigenvalue weighted by Gasteiger charge is 2.17. The summed E-state index contributed by atoms with van der Waals surface area (Å²) in [5, 5.41) is 2.58. The van der Waals surface area contributed by atoms with E-state index in [1.165, 1.54) is 18.2 Å². The van der Waals surface area contributed by atoms with Crippen molar-refractivity contribution in [2.24, 2.45) is 0 Å². The summed E-state index contributed by atoms with van der Waals surface area (Å²) in [6, 6.07) is 9.65. The van der Waals surface area contributed by atoms with Crippen LogP contribution < -0.4 is 10.2 Å². The molecular weight excluding hydrogens is 343 g/mol. The van der Waals surface area contributed by atoms with Gasteiger partial charge in [0.05, 0.1) is 6.54 Å². The Morgan fingerprint density at radius 3 is 2.42 bits per heavy atom. The van der Waals surface area contributed by atoms with Gasteiger partial charge in [-0.15, -0.1) is 0 Å². The number of nitrogens with zero attached hydrogens (tertiary/aromatic N) is 2. The normalized spacial score (nSPS) is 15.6. The average molecular weight is 363 g/mol. The van der Waals surface area contributed by atoms with Gasteiger partial charge in [-0.3, -0.25) is 9.69 Å². The maximum Gasteiger partial charge on any atom is 0.238 e. The first-order chi connectivity index (χ1) is 12.5. The standard InChI is InChI=1S/C19H20F3N3O/c20-14-2-5-16(6-3-14)25-9-1-8-24(10-11-25)13-19(26)23-15-4-7-17(21)18(22)12-15/h2-7,12H,1,8-11,13H2,(H,23,26). The molecule has 0 aromatic heterocycles. The zero-order chi connectivity index (χ0) is 18.5. The molecule has 3 rings (SSSR count). The number of carbonyl (C=O) groups is 1. The Morgan fingerprint density at radius 2 is 1.69 bits per heavy atom. The van der Waals surface area contributed by atoms with Gasteiger partial charge in [-0.05, 0) is 42.8 Å². The lowest BCUT2D eigenvalue weighted by atomic mass is 10.2. The van der Waals surface area contributed by atoms with Crippen LogP contribution in [0.5, 0.6) is 0 Å². The van der Waals surface area contributed by atoms with Crippen LogP contribution in [0.1, 0.15) is 6.42 Å². The van der Waals surface area contributed by atoms with Gasteiger partial charge >= 0.3 is 0 Å². The first kappa shape index (κ1) is 18.3. The van der Waals surface area contributed by atoms with Gasteiger partial charge in [-0.2, -0.15) is 0 Å². The fourth-order valence-electron chi connectivity index (χ4n) is 3.02. The first-order valence-electron chi connectivity index (χ1n) is 8.49. The Balaban J connectivity index is 1.53. The van der Waals surface area contributed by atoms with Gasteiger partial charge < -0.3 is 10.2 Å². The lowest BCUT2D eigenvalue weighted by molar-refractivity contribution is -0.117. The van der Waals surface area contributed by atoms with Crippen LogP contribution in [-0.4, -0.2) is 43.5 Å². The number of hydrogen-bond donors (Lipinski definition) is 1. The van der Waals surface area contributed by atoms with E-state index < -0.39 is 11.6 Å². The van der Waals surface area contributed by atoms with Crippen molar-refractivity contribution in [3.8, 4) is 0 Å². The number of benzene rings is 2. The number of halogens is 3. The predicted octanol–water partition coefficient (Wildman–Crippen LogP) is 3.25. The molecule has 0 unspecified atom stereocenters. The number of carbonyl (C=O) groups excluding carboxylic acids is 1. The topological polar surface area (TPSA) is 35.6 Å². The number of anilines is 2. The van der Waals surface area contributed by atoms with Crippen molar-refractivity contribution < 1.29 is 18.0 Å². The summed E-state index contributed by atoms with van der Waals surface area (Å²) in [6.45, 7) is 3.17. The van der Waals surface area contributed by atoms with Crippen LogP contribution in [0.25, 0.3) is 0 Å². The number of nitrogens with one attached hydrogen (secondary N) is 1. The SMILES string of the molecule is O=C(CN1CCCN(c2ccc(F)cc2)CC1)Nc1ccc(F)c(F)c1. The summed E-state index contributed by atoms with van der Waals surface area (Å²) in [7, 11) is 0. The second-order valence-electron chi connectivity index (χ2n) is 6.27. The molecular formula is C19H20F3N3O. The minimum Gasteiger partial charge on any atom is -0.370 e. The van der Waals surface area contributed by atoms with Crippen LogP contribution in [0, 0.1) is 17.5 Å². The van der Waals surface area contributed by atoms with Crippen molar-refractivity contribution in [3.05, 3.63) is 59.9 Å². The molecule has 1 saturated heterocycles. The van der Waals surface area contributed by atoms with Crippen molar-refractivity contribution in [3.63, 3.8) is 0 Å². The van der Waals surface area contributed by atoms with Crippen LogP contribution in [0.15, 0.2) is 42.5 Å². The maximum atomic E-state index is 13.2. The quantitative estimate of drug-likeness (QED) is 0.906. The Bertz CT molecular complexity index is 767. The highest BCUT2D eigenvalue weighted by Crippen LogP contribution is 2.17. The van der Waals surface area contributed by atoms with Gasteiger partial charge in [0.25, 0.3) is 0 Å². The molecule has 4 nitrogen and oxygen atoms in total. The van der Waals surface area contributed by atoms with Crippen molar-refractivity contribution in [2.45, 2.75) is 6.42 Å². The summed E-state index contributed by atoms with van der Waals surface area (Å²) in [5.41, 5.74) is 1.19. The van der Waals surface area contributed by atoms with E-state index in [4.69, 9.17) is 0 Å². The minimum atomic E-state index is -0.993. The van der Waals surface area contributed by atoms with E-state index in [1.54, 1.807) is 12.1 Å². The molecule has 1 amide bonds. The van der Waals surface area contributed by atoms with Crippen LogP contribution >= 0.6 is 0 Å². The summed E-state index contributed by atoms with van der Waals surface area (Å²) >= 11 is 0. The van der Waals surface area contributed by atoms with E-state index >= 15 is 0 Å². The molecule has 26 heavy (non-hydrogen) atoms. The Kier molecular flexibility index (Phi) is 5.78. The number of rotatable bonds is 4. The molecule has 0 aliphatic carbocycles. The van der Waals surface area contributed by atoms with E-state index in [-0.39, 0.29) is 24.0 Å². The molecule has 2 aromatic rings. The zero-order valence-electron chi connectivity index (χ0n) is 14.2. The van der Waals surface area contributed by atoms with Crippen molar-refractivity contribution in [2.75, 3.05) is 42.9 Å². The molecule has 0 spiro atoms. The largest absolute Gasteiger partial charge is 0.370 e. The van der Waals surface area contributed by atoms with Gasteiger partial charge in [0.15, 0.2) is 11.6 Å². The van der Waals surface area contributed by atoms with Gasteiger partial charge in [0.1, 0.15) is 5.82 Å². The highest BCUT2D eigenvalue weighted by atomic mass is 19.2. The lowest BCUT2D eigenvalue weighted by Crippen LogP contribution is -2.36. The molecule has 1 aliphatic heterocycles. The summed E-state index contributed by atoms with van der Waals surface area (Å²) in [6.07, 6.45) is 0.871. The smallest absolute Gasteiger partial charge is 0.238 e. The first-order valence-corrected chi connectivity index (χ1v) is 8.49. The molecule has 1 N–H and O–H groups in total. The van der Waals surface area contributed by atoms with Crippen LogP contribution in [-0.2, 0) is 4.79 Å². The number of hydrogen-bond acceptors (Lipinski definition) is 3. The Hall–Kier alpha value is -2.54. The van der Waals surface area contributed by atoms with E-state index in [9.17, 15) is 18.0 Å². The third-order valence-electron chi connectivity index (χ3n) is 4.35. The lowest BCUT2D eigenvalue weighted by Gasteiger charge is -2.23. The molecule has 7 heteroatoms. The van der Waals surface area contributed by atoms with Crippen LogP contribution in [0.2, 0.25) is 0 Å². The molecule has 0 atom stereocenters. The van der Waals surface area contributed by atoms with Crippen molar-refractivity contribution in [1.29, 1.82) is 0 Å². The minimum absolute atomic E-state index is 0.177. The number of amides is 1. The van der Waals surface area contributed by atoms with Crippen molar-refractivity contribution in [1.82, 2.24) is 4.90 Å². The summed E-state index contributed by atoms with van der Waals surface area (Å²) in [5.74, 6) is -2.48. The summed E-state index contributed by atoms with van der Waals surface area (Å²) in [4.78, 5) is 16.3. The molecule has 138 valence electrons. The van der Waals surface area contributed by atoms with E-state index in [0.29, 0.717) is 6.54 Å². The maximum absolute atomic E-state index is 13.2. The third kappa shape index (κ3) is 4.76. The third-order valence-corrected chi connectivity index (χ3v) is 4.35. The molecule has 1 heterocycles. The van der Waals surface area contributed by atoms with Crippen LogP contribution in [0.3, 0.4) is 0 Å². The van der Waals surface area contributed by atoms with Gasteiger partial charge in [-0.1, -0.05) is 0 Å². The van der Waals surface area contributed by atoms with Gasteiger partial charge in [-0.25, -0.2) is 13.2 Å². The molecule has 2 aromatic carbocycles. The average Bonchev–Trinajstić information content (AvgIpc) is 2.84. The van der Waals surface area contributed by atoms with Gasteiger partial charge in [0.2, 0.25) is 5.91 Å². The van der Waals surface area contributed by atoms with Crippen molar-refractivity contribution >= 4 is 17.3 Å². The fraction of sp³-hybridized carbons (Fsp3) is 0.316.